The number of alkyl halides is 3. The number of carbonyl (C=O) groups is 1. The molecule has 6 nitrogen and oxygen atoms in total. The molecule has 12 heteroatoms. The van der Waals surface area contributed by atoms with Gasteiger partial charge in [0.2, 0.25) is 10.0 Å². The molecule has 0 saturated carbocycles. The minimum absolute atomic E-state index is 0.0591. The number of halogens is 5. The summed E-state index contributed by atoms with van der Waals surface area (Å²) in [6.07, 6.45) is -4.79. The van der Waals surface area contributed by atoms with Crippen LogP contribution in [0.1, 0.15) is 15.9 Å². The SMILES string of the molecule is COc1cc(Cl)ccc1C(=O)N1CCN(S(=O)(=O)c2ccc(Cl)c(C(F)(F)F)c2)CC1. The summed E-state index contributed by atoms with van der Waals surface area (Å²) in [5, 5.41) is -0.190. The lowest BCUT2D eigenvalue weighted by Crippen LogP contribution is -2.50. The summed E-state index contributed by atoms with van der Waals surface area (Å²) in [6.45, 7) is -0.0327. The normalized spacial score (nSPS) is 15.7. The van der Waals surface area contributed by atoms with Gasteiger partial charge in [-0.25, -0.2) is 8.42 Å². The molecule has 2 aromatic carbocycles. The van der Waals surface area contributed by atoms with Gasteiger partial charge < -0.3 is 9.64 Å². The predicted molar refractivity (Wildman–Crippen MR) is 109 cm³/mol. The van der Waals surface area contributed by atoms with Crippen molar-refractivity contribution in [3.8, 4) is 5.75 Å². The molecule has 2 aromatic rings. The van der Waals surface area contributed by atoms with E-state index in [4.69, 9.17) is 27.9 Å². The van der Waals surface area contributed by atoms with E-state index in [9.17, 15) is 26.4 Å². The Balaban J connectivity index is 1.77. The van der Waals surface area contributed by atoms with Crippen LogP contribution in [0.4, 0.5) is 13.2 Å². The van der Waals surface area contributed by atoms with Crippen LogP contribution < -0.4 is 4.74 Å². The maximum atomic E-state index is 13.1. The third-order valence-electron chi connectivity index (χ3n) is 4.80. The Labute approximate surface area is 187 Å². The second-order valence-corrected chi connectivity index (χ2v) is 9.46. The molecule has 0 aliphatic carbocycles. The summed E-state index contributed by atoms with van der Waals surface area (Å²) in [5.41, 5.74) is -0.949. The van der Waals surface area contributed by atoms with Crippen LogP contribution in [0.3, 0.4) is 0 Å². The Morgan fingerprint density at radius 3 is 2.26 bits per heavy atom. The van der Waals surface area contributed by atoms with Gasteiger partial charge in [0, 0.05) is 31.2 Å². The van der Waals surface area contributed by atoms with E-state index in [0.717, 1.165) is 16.4 Å². The van der Waals surface area contributed by atoms with E-state index in [1.807, 2.05) is 0 Å². The topological polar surface area (TPSA) is 66.9 Å². The second kappa shape index (κ2) is 8.85. The lowest BCUT2D eigenvalue weighted by atomic mass is 10.1. The monoisotopic (exact) mass is 496 g/mol. The van der Waals surface area contributed by atoms with Gasteiger partial charge in [-0.05, 0) is 36.4 Å². The summed E-state index contributed by atoms with van der Waals surface area (Å²) in [6, 6.07) is 7.00. The second-order valence-electron chi connectivity index (χ2n) is 6.68. The van der Waals surface area contributed by atoms with Gasteiger partial charge in [-0.3, -0.25) is 4.79 Å². The van der Waals surface area contributed by atoms with E-state index >= 15 is 0 Å². The molecule has 168 valence electrons. The number of hydrogen-bond acceptors (Lipinski definition) is 4. The van der Waals surface area contributed by atoms with Crippen molar-refractivity contribution in [2.24, 2.45) is 0 Å². The summed E-state index contributed by atoms with van der Waals surface area (Å²) in [5.74, 6) is -0.0789. The number of ether oxygens (including phenoxy) is 1. The molecule has 0 bridgehead atoms. The van der Waals surface area contributed by atoms with Gasteiger partial charge in [-0.1, -0.05) is 23.2 Å². The third kappa shape index (κ3) is 4.92. The first-order valence-electron chi connectivity index (χ1n) is 8.95. The number of nitrogens with zero attached hydrogens (tertiary/aromatic N) is 2. The first-order valence-corrected chi connectivity index (χ1v) is 11.1. The summed E-state index contributed by atoms with van der Waals surface area (Å²) < 4.78 is 71.2. The van der Waals surface area contributed by atoms with Gasteiger partial charge in [-0.15, -0.1) is 0 Å². The Kier molecular flexibility index (Phi) is 6.75. The number of carbonyl (C=O) groups excluding carboxylic acids is 1. The van der Waals surface area contributed by atoms with Gasteiger partial charge in [0.1, 0.15) is 5.75 Å². The zero-order valence-corrected chi connectivity index (χ0v) is 18.4. The van der Waals surface area contributed by atoms with Crippen molar-refractivity contribution in [1.82, 2.24) is 9.21 Å². The quantitative estimate of drug-likeness (QED) is 0.637. The van der Waals surface area contributed by atoms with Crippen molar-refractivity contribution < 1.29 is 31.1 Å². The lowest BCUT2D eigenvalue weighted by Gasteiger charge is -2.34. The Morgan fingerprint density at radius 2 is 1.68 bits per heavy atom. The summed E-state index contributed by atoms with van der Waals surface area (Å²) >= 11 is 11.5. The molecule has 1 aliphatic rings. The fourth-order valence-electron chi connectivity index (χ4n) is 3.17. The molecule has 1 amide bonds. The van der Waals surface area contributed by atoms with Crippen molar-refractivity contribution in [3.63, 3.8) is 0 Å². The highest BCUT2D eigenvalue weighted by Crippen LogP contribution is 2.36. The van der Waals surface area contributed by atoms with Gasteiger partial charge >= 0.3 is 6.18 Å². The van der Waals surface area contributed by atoms with Crippen molar-refractivity contribution in [2.75, 3.05) is 33.3 Å². The highest BCUT2D eigenvalue weighted by atomic mass is 35.5. The molecule has 1 heterocycles. The Bertz CT molecular complexity index is 1100. The van der Waals surface area contributed by atoms with Crippen molar-refractivity contribution in [3.05, 3.63) is 57.6 Å². The van der Waals surface area contributed by atoms with E-state index in [1.165, 1.54) is 30.2 Å². The predicted octanol–water partition coefficient (Wildman–Crippen LogP) is 4.17. The van der Waals surface area contributed by atoms with Crippen molar-refractivity contribution in [1.29, 1.82) is 0 Å². The molecule has 0 N–H and O–H groups in total. The van der Waals surface area contributed by atoms with Crippen molar-refractivity contribution >= 4 is 39.1 Å². The van der Waals surface area contributed by atoms with Crippen LogP contribution in [0.5, 0.6) is 5.75 Å². The highest BCUT2D eigenvalue weighted by molar-refractivity contribution is 7.89. The van der Waals surface area contributed by atoms with E-state index in [-0.39, 0.29) is 43.4 Å². The highest BCUT2D eigenvalue weighted by Gasteiger charge is 2.36. The fourth-order valence-corrected chi connectivity index (χ4v) is 5.01. The summed E-state index contributed by atoms with van der Waals surface area (Å²) in [4.78, 5) is 13.7. The van der Waals surface area contributed by atoms with Crippen LogP contribution in [0, 0.1) is 0 Å². The largest absolute Gasteiger partial charge is 0.496 e. The van der Waals surface area contributed by atoms with E-state index in [2.05, 4.69) is 0 Å². The molecule has 1 fully saturated rings. The molecule has 1 aliphatic heterocycles. The average Bonchev–Trinajstić information content (AvgIpc) is 2.72. The van der Waals surface area contributed by atoms with Crippen molar-refractivity contribution in [2.45, 2.75) is 11.1 Å². The molecular formula is C19H17Cl2F3N2O4S. The number of piperazine rings is 1. The molecule has 0 aromatic heterocycles. The Hall–Kier alpha value is -2.01. The molecule has 0 radical (unpaired) electrons. The Morgan fingerprint density at radius 1 is 1.03 bits per heavy atom. The van der Waals surface area contributed by atoms with Gasteiger partial charge in [0.15, 0.2) is 0 Å². The third-order valence-corrected chi connectivity index (χ3v) is 7.26. The number of benzene rings is 2. The fraction of sp³-hybridized carbons (Fsp3) is 0.316. The number of amides is 1. The van der Waals surface area contributed by atoms with Crippen LogP contribution in [-0.4, -0.2) is 56.8 Å². The van der Waals surface area contributed by atoms with E-state index in [0.29, 0.717) is 11.1 Å². The summed E-state index contributed by atoms with van der Waals surface area (Å²) in [7, 11) is -2.80. The average molecular weight is 497 g/mol. The minimum atomic E-state index is -4.79. The van der Waals surface area contributed by atoms with Crippen LogP contribution >= 0.6 is 23.2 Å². The zero-order valence-electron chi connectivity index (χ0n) is 16.1. The van der Waals surface area contributed by atoms with E-state index < -0.39 is 31.7 Å². The van der Waals surface area contributed by atoms with Gasteiger partial charge in [-0.2, -0.15) is 17.5 Å². The smallest absolute Gasteiger partial charge is 0.417 e. The zero-order chi connectivity index (χ0) is 23.0. The number of sulfonamides is 1. The van der Waals surface area contributed by atoms with Gasteiger partial charge in [0.25, 0.3) is 5.91 Å². The molecule has 0 spiro atoms. The van der Waals surface area contributed by atoms with Crippen LogP contribution in [-0.2, 0) is 16.2 Å². The van der Waals surface area contributed by atoms with Crippen LogP contribution in [0.15, 0.2) is 41.3 Å². The number of hydrogen-bond donors (Lipinski definition) is 0. The molecule has 3 rings (SSSR count). The number of rotatable bonds is 4. The molecule has 0 unspecified atom stereocenters. The molecule has 0 atom stereocenters. The maximum absolute atomic E-state index is 13.1. The van der Waals surface area contributed by atoms with Gasteiger partial charge in [0.05, 0.1) is 28.2 Å². The molecule has 31 heavy (non-hydrogen) atoms. The maximum Gasteiger partial charge on any atom is 0.417 e. The minimum Gasteiger partial charge on any atom is -0.496 e. The van der Waals surface area contributed by atoms with Crippen LogP contribution in [0.25, 0.3) is 0 Å². The standard InChI is InChI=1S/C19H17Cl2F3N2O4S/c1-30-17-10-12(20)2-4-14(17)18(27)25-6-8-26(9-7-25)31(28,29)13-3-5-16(21)15(11-13)19(22,23)24/h2-5,10-11H,6-9H2,1H3. The number of methoxy groups -OCH3 is 1. The van der Waals surface area contributed by atoms with Crippen LogP contribution in [0.2, 0.25) is 10.0 Å². The van der Waals surface area contributed by atoms with E-state index in [1.54, 1.807) is 0 Å². The molecule has 1 saturated heterocycles. The molecular weight excluding hydrogens is 480 g/mol. The lowest BCUT2D eigenvalue weighted by molar-refractivity contribution is -0.137. The first kappa shape index (κ1) is 23.6. The first-order chi connectivity index (χ1) is 14.4.